The second-order valence-electron chi connectivity index (χ2n) is 6.15. The van der Waals surface area contributed by atoms with Gasteiger partial charge in [0.25, 0.3) is 0 Å². The highest BCUT2D eigenvalue weighted by Crippen LogP contribution is 2.19. The molecule has 1 N–H and O–H groups in total. The molecule has 1 aliphatic rings. The van der Waals surface area contributed by atoms with E-state index in [4.69, 9.17) is 9.37 Å². The van der Waals surface area contributed by atoms with Crippen LogP contribution in [0.1, 0.15) is 23.4 Å². The number of halogens is 2. The lowest BCUT2D eigenvalue weighted by molar-refractivity contribution is 0.128. The summed E-state index contributed by atoms with van der Waals surface area (Å²) in [6.07, 6.45) is 1.03. The van der Waals surface area contributed by atoms with Crippen LogP contribution in [0.2, 0.25) is 0 Å². The van der Waals surface area contributed by atoms with E-state index >= 15 is 0 Å². The van der Waals surface area contributed by atoms with Gasteiger partial charge in [0.05, 0.1) is 23.4 Å². The Balaban J connectivity index is 1.59. The lowest BCUT2D eigenvalue weighted by Gasteiger charge is -2.29. The number of ether oxygens (including phenoxy) is 1. The highest BCUT2D eigenvalue weighted by molar-refractivity contribution is 9.10. The molecule has 3 rings (SSSR count). The number of benzene rings is 1. The molecule has 0 bridgehead atoms. The molecule has 1 aromatic carbocycles. The average molecular weight is 477 g/mol. The maximum absolute atomic E-state index is 13.4. The number of aromatic nitrogens is 2. The summed E-state index contributed by atoms with van der Waals surface area (Å²) in [5.41, 5.74) is 1.30. The lowest BCUT2D eigenvalue weighted by Crippen LogP contribution is -2.43. The van der Waals surface area contributed by atoms with Crippen molar-refractivity contribution in [3.8, 4) is 0 Å². The fourth-order valence-electron chi connectivity index (χ4n) is 2.56. The zero-order valence-electron chi connectivity index (χ0n) is 14.7. The van der Waals surface area contributed by atoms with Gasteiger partial charge in [0, 0.05) is 19.5 Å². The van der Waals surface area contributed by atoms with Crippen molar-refractivity contribution in [1.29, 1.82) is 0 Å². The van der Waals surface area contributed by atoms with Crippen LogP contribution in [-0.2, 0) is 27.8 Å². The van der Waals surface area contributed by atoms with Crippen LogP contribution in [0.5, 0.6) is 0 Å². The van der Waals surface area contributed by atoms with E-state index in [0.29, 0.717) is 18.7 Å². The minimum atomic E-state index is -3.29. The third kappa shape index (κ3) is 4.93. The van der Waals surface area contributed by atoms with E-state index in [-0.39, 0.29) is 47.0 Å². The summed E-state index contributed by atoms with van der Waals surface area (Å²) in [6.45, 7) is 1.03. The first kappa shape index (κ1) is 20.8. The van der Waals surface area contributed by atoms with Gasteiger partial charge in [-0.2, -0.15) is 0 Å². The molecule has 152 valence electrons. The van der Waals surface area contributed by atoms with Crippen LogP contribution in [0, 0.1) is 5.82 Å². The van der Waals surface area contributed by atoms with Crippen LogP contribution in [0.25, 0.3) is 0 Å². The third-order valence-corrected chi connectivity index (χ3v) is 6.68. The molecule has 2 aromatic rings. The van der Waals surface area contributed by atoms with Crippen molar-refractivity contribution in [2.45, 2.75) is 19.4 Å². The fourth-order valence-corrected chi connectivity index (χ4v) is 4.38. The Morgan fingerprint density at radius 1 is 1.39 bits per heavy atom. The molecule has 0 amide bonds. The molecule has 28 heavy (non-hydrogen) atoms. The molecule has 0 unspecified atom stereocenters. The predicted octanol–water partition coefficient (Wildman–Crippen LogP) is 1.94. The molecule has 0 saturated carbocycles. The summed E-state index contributed by atoms with van der Waals surface area (Å²) < 4.78 is 49.1. The first-order chi connectivity index (χ1) is 13.4. The molecule has 1 aromatic heterocycles. The van der Waals surface area contributed by atoms with Gasteiger partial charge >= 0.3 is 0 Å². The van der Waals surface area contributed by atoms with E-state index in [2.05, 4.69) is 31.4 Å². The number of sulfonamides is 1. The summed E-state index contributed by atoms with van der Waals surface area (Å²) in [5.74, 6) is -0.533. The largest absolute Gasteiger partial charge is 0.411 e. The Morgan fingerprint density at radius 3 is 2.82 bits per heavy atom. The second kappa shape index (κ2) is 9.07. The summed E-state index contributed by atoms with van der Waals surface area (Å²) in [7, 11) is -3.29. The number of oxime groups is 1. The van der Waals surface area contributed by atoms with Crippen LogP contribution in [0.4, 0.5) is 4.39 Å². The van der Waals surface area contributed by atoms with Gasteiger partial charge in [-0.15, -0.1) is 0 Å². The predicted molar refractivity (Wildman–Crippen MR) is 100 cm³/mol. The van der Waals surface area contributed by atoms with Crippen molar-refractivity contribution in [2.24, 2.45) is 5.16 Å². The second-order valence-corrected chi connectivity index (χ2v) is 9.10. The zero-order valence-corrected chi connectivity index (χ0v) is 17.1. The van der Waals surface area contributed by atoms with Gasteiger partial charge < -0.3 is 9.94 Å². The minimum absolute atomic E-state index is 0.0123. The quantitative estimate of drug-likeness (QED) is 0.254. The van der Waals surface area contributed by atoms with Gasteiger partial charge in [-0.1, -0.05) is 16.4 Å². The summed E-state index contributed by atoms with van der Waals surface area (Å²) >= 11 is 3.10. The van der Waals surface area contributed by atoms with Gasteiger partial charge in [0.2, 0.25) is 10.0 Å². The zero-order chi connectivity index (χ0) is 20.1. The number of hydrogen-bond donors (Lipinski definition) is 1. The Bertz CT molecular complexity index is 962. The summed E-state index contributed by atoms with van der Waals surface area (Å²) in [4.78, 5) is 0. The Labute approximate surface area is 169 Å². The number of nitrogens with zero attached hydrogens (tertiary/aromatic N) is 4. The van der Waals surface area contributed by atoms with E-state index in [9.17, 15) is 18.0 Å². The molecule has 9 nitrogen and oxygen atoms in total. The Kier molecular flexibility index (Phi) is 6.75. The first-order valence-corrected chi connectivity index (χ1v) is 10.8. The van der Waals surface area contributed by atoms with Gasteiger partial charge in [-0.3, -0.25) is 0 Å². The third-order valence-electron chi connectivity index (χ3n) is 4.24. The van der Waals surface area contributed by atoms with Gasteiger partial charge in [0.1, 0.15) is 17.2 Å². The van der Waals surface area contributed by atoms with Gasteiger partial charge in [-0.25, -0.2) is 21.7 Å². The standard InChI is InChI=1S/C16H18BrFN4O5S/c17-12-8-11(2-3-13(12)18)9-14(19-23)16-15(20-27-21-16)10-26-6-7-28(24,25)22-4-1-5-22/h2-3,8,23H,1,4-7,9-10H2/b19-14+. The van der Waals surface area contributed by atoms with Crippen LogP contribution in [0.3, 0.4) is 0 Å². The van der Waals surface area contributed by atoms with Crippen molar-refractivity contribution >= 4 is 31.7 Å². The summed E-state index contributed by atoms with van der Waals surface area (Å²) in [5, 5.41) is 20.0. The van der Waals surface area contributed by atoms with Crippen LogP contribution in [-0.4, -0.2) is 59.4 Å². The Morgan fingerprint density at radius 2 is 2.18 bits per heavy atom. The normalized spacial score (nSPS) is 15.6. The number of hydrogen-bond acceptors (Lipinski definition) is 8. The molecule has 12 heteroatoms. The molecule has 0 atom stereocenters. The highest BCUT2D eigenvalue weighted by Gasteiger charge is 2.27. The monoisotopic (exact) mass is 476 g/mol. The first-order valence-electron chi connectivity index (χ1n) is 8.43. The van der Waals surface area contributed by atoms with Crippen molar-refractivity contribution in [2.75, 3.05) is 25.4 Å². The smallest absolute Gasteiger partial charge is 0.216 e. The van der Waals surface area contributed by atoms with E-state index in [0.717, 1.165) is 6.42 Å². The molecule has 0 radical (unpaired) electrons. The van der Waals surface area contributed by atoms with Crippen molar-refractivity contribution in [3.05, 3.63) is 45.4 Å². The van der Waals surface area contributed by atoms with Crippen molar-refractivity contribution in [3.63, 3.8) is 0 Å². The minimum Gasteiger partial charge on any atom is -0.411 e. The summed E-state index contributed by atoms with van der Waals surface area (Å²) in [6, 6.07) is 4.40. The topological polar surface area (TPSA) is 118 Å². The molecule has 1 fully saturated rings. The molecular weight excluding hydrogens is 459 g/mol. The highest BCUT2D eigenvalue weighted by atomic mass is 79.9. The molecule has 1 aliphatic heterocycles. The molecule has 0 spiro atoms. The maximum Gasteiger partial charge on any atom is 0.216 e. The van der Waals surface area contributed by atoms with Crippen molar-refractivity contribution in [1.82, 2.24) is 14.6 Å². The molecule has 2 heterocycles. The van der Waals surface area contributed by atoms with Gasteiger partial charge in [-0.05, 0) is 45.2 Å². The van der Waals surface area contributed by atoms with Crippen molar-refractivity contribution < 1.29 is 27.4 Å². The SMILES string of the molecule is O=S(=O)(CCOCc1nonc1/C(Cc1ccc(F)c(Br)c1)=N/O)N1CCC1. The molecular formula is C16H18BrFN4O5S. The van der Waals surface area contributed by atoms with Crippen LogP contribution < -0.4 is 0 Å². The van der Waals surface area contributed by atoms with E-state index in [1.165, 1.54) is 10.4 Å². The van der Waals surface area contributed by atoms with Crippen LogP contribution >= 0.6 is 15.9 Å². The van der Waals surface area contributed by atoms with E-state index in [1.807, 2.05) is 0 Å². The number of rotatable bonds is 9. The maximum atomic E-state index is 13.4. The van der Waals surface area contributed by atoms with Crippen LogP contribution in [0.15, 0.2) is 32.5 Å². The van der Waals surface area contributed by atoms with Gasteiger partial charge in [0.15, 0.2) is 5.69 Å². The Hall–Kier alpha value is -1.89. The average Bonchev–Trinajstić information content (AvgIpc) is 3.06. The molecule has 1 saturated heterocycles. The fraction of sp³-hybridized carbons (Fsp3) is 0.438. The lowest BCUT2D eigenvalue weighted by atomic mass is 10.1. The molecule has 0 aliphatic carbocycles. The van der Waals surface area contributed by atoms with E-state index in [1.54, 1.807) is 12.1 Å². The van der Waals surface area contributed by atoms with E-state index < -0.39 is 15.8 Å².